The topological polar surface area (TPSA) is 59.5 Å². The van der Waals surface area contributed by atoms with E-state index in [1.807, 2.05) is 30.3 Å². The highest BCUT2D eigenvalue weighted by molar-refractivity contribution is 5.85. The maximum absolute atomic E-state index is 5.79. The number of hydrogen-bond donors (Lipinski definition) is 1. The fourth-order valence-electron chi connectivity index (χ4n) is 2.96. The van der Waals surface area contributed by atoms with Crippen LogP contribution in [0.5, 0.6) is 5.75 Å². The van der Waals surface area contributed by atoms with Crippen molar-refractivity contribution < 1.29 is 9.47 Å². The van der Waals surface area contributed by atoms with Crippen molar-refractivity contribution in [3.63, 3.8) is 0 Å². The molecular weight excluding hydrogens is 363 g/mol. The average Bonchev–Trinajstić information content (AvgIpc) is 2.62. The van der Waals surface area contributed by atoms with Crippen molar-refractivity contribution >= 4 is 30.6 Å². The molecule has 1 N–H and O–H groups in total. The van der Waals surface area contributed by atoms with Crippen molar-refractivity contribution in [2.75, 3.05) is 44.7 Å². The normalized spacial score (nSPS) is 15.7. The molecule has 0 saturated carbocycles. The summed E-state index contributed by atoms with van der Waals surface area (Å²) >= 11 is 0. The molecule has 1 saturated heterocycles. The molecule has 0 radical (unpaired) electrons. The van der Waals surface area contributed by atoms with Crippen LogP contribution in [0.1, 0.15) is 5.56 Å². The summed E-state index contributed by atoms with van der Waals surface area (Å²) < 4.78 is 11.1. The maximum Gasteiger partial charge on any atom is 0.149 e. The second-order valence-electron chi connectivity index (χ2n) is 5.77. The molecule has 4 rings (SSSR count). The summed E-state index contributed by atoms with van der Waals surface area (Å²) in [6, 6.07) is 9.99. The third-order valence-electron chi connectivity index (χ3n) is 4.24. The van der Waals surface area contributed by atoms with Crippen LogP contribution in [-0.2, 0) is 11.3 Å². The van der Waals surface area contributed by atoms with E-state index in [0.29, 0.717) is 6.61 Å². The van der Waals surface area contributed by atoms with Gasteiger partial charge >= 0.3 is 0 Å². The maximum atomic E-state index is 5.79. The van der Waals surface area contributed by atoms with Gasteiger partial charge in [0.1, 0.15) is 23.9 Å². The van der Waals surface area contributed by atoms with E-state index in [0.717, 1.165) is 67.8 Å². The van der Waals surface area contributed by atoms with E-state index in [1.165, 1.54) is 0 Å². The van der Waals surface area contributed by atoms with Gasteiger partial charge in [0.25, 0.3) is 0 Å². The zero-order valence-electron chi connectivity index (χ0n) is 13.8. The van der Waals surface area contributed by atoms with Gasteiger partial charge in [-0.05, 0) is 18.2 Å². The molecule has 136 valence electrons. The molecule has 2 aliphatic rings. The van der Waals surface area contributed by atoms with Gasteiger partial charge in [0.2, 0.25) is 0 Å². The number of nitrogens with one attached hydrogen (secondary N) is 1. The van der Waals surface area contributed by atoms with Crippen LogP contribution < -0.4 is 10.1 Å². The van der Waals surface area contributed by atoms with Gasteiger partial charge in [0.05, 0.1) is 13.2 Å². The highest BCUT2D eigenvalue weighted by atomic mass is 35.5. The van der Waals surface area contributed by atoms with Gasteiger partial charge in [-0.3, -0.25) is 4.90 Å². The number of anilines is 1. The molecule has 0 bridgehead atoms. The van der Waals surface area contributed by atoms with Crippen LogP contribution in [0, 0.1) is 0 Å². The third kappa shape index (κ3) is 4.52. The summed E-state index contributed by atoms with van der Waals surface area (Å²) in [5.41, 5.74) is 3.01. The predicted molar refractivity (Wildman–Crippen MR) is 102 cm³/mol. The molecule has 0 amide bonds. The molecular formula is C17H22Cl2N4O2. The zero-order chi connectivity index (χ0) is 15.5. The minimum Gasteiger partial charge on any atom is -0.488 e. The summed E-state index contributed by atoms with van der Waals surface area (Å²) in [6.45, 7) is 6.04. The molecule has 2 aromatic rings. The van der Waals surface area contributed by atoms with Crippen LogP contribution in [0.15, 0.2) is 30.3 Å². The minimum atomic E-state index is 0. The first-order valence-electron chi connectivity index (χ1n) is 8.03. The van der Waals surface area contributed by atoms with Crippen molar-refractivity contribution in [1.29, 1.82) is 0 Å². The van der Waals surface area contributed by atoms with E-state index in [9.17, 15) is 0 Å². The van der Waals surface area contributed by atoms with E-state index < -0.39 is 0 Å². The number of morpholine rings is 1. The number of para-hydroxylation sites is 1. The highest BCUT2D eigenvalue weighted by Crippen LogP contribution is 2.35. The fourth-order valence-corrected chi connectivity index (χ4v) is 2.96. The Morgan fingerprint density at radius 2 is 1.88 bits per heavy atom. The number of fused-ring (bicyclic) bond motifs is 3. The molecule has 1 fully saturated rings. The van der Waals surface area contributed by atoms with Crippen molar-refractivity contribution in [1.82, 2.24) is 15.1 Å². The monoisotopic (exact) mass is 384 g/mol. The molecule has 0 atom stereocenters. The van der Waals surface area contributed by atoms with Gasteiger partial charge in [0.15, 0.2) is 0 Å². The van der Waals surface area contributed by atoms with Gasteiger partial charge in [-0.2, -0.15) is 0 Å². The Morgan fingerprint density at radius 3 is 2.72 bits per heavy atom. The quantitative estimate of drug-likeness (QED) is 0.873. The Morgan fingerprint density at radius 1 is 1.08 bits per heavy atom. The molecule has 2 aliphatic heterocycles. The molecule has 1 aromatic carbocycles. The molecule has 0 unspecified atom stereocenters. The fraction of sp³-hybridized carbons (Fsp3) is 0.412. The number of aromatic nitrogens is 2. The number of nitrogens with zero attached hydrogens (tertiary/aromatic N) is 3. The van der Waals surface area contributed by atoms with Crippen LogP contribution in [0.2, 0.25) is 0 Å². The zero-order valence-corrected chi connectivity index (χ0v) is 15.4. The van der Waals surface area contributed by atoms with Crippen molar-refractivity contribution in [3.05, 3.63) is 35.9 Å². The SMILES string of the molecule is Cl.Cl.c1ccc2c(c1)OCc1cc(NCCN3CCOCC3)nnc1-2. The molecule has 3 heterocycles. The van der Waals surface area contributed by atoms with Crippen LogP contribution >= 0.6 is 24.8 Å². The summed E-state index contributed by atoms with van der Waals surface area (Å²) in [4.78, 5) is 2.39. The Kier molecular flexibility index (Phi) is 7.25. The number of hydrogen-bond acceptors (Lipinski definition) is 6. The van der Waals surface area contributed by atoms with Gasteiger partial charge < -0.3 is 14.8 Å². The lowest BCUT2D eigenvalue weighted by Gasteiger charge is -2.26. The Balaban J connectivity index is 0.00000113. The molecule has 0 aliphatic carbocycles. The molecule has 6 nitrogen and oxygen atoms in total. The van der Waals surface area contributed by atoms with Crippen LogP contribution in [-0.4, -0.2) is 54.5 Å². The van der Waals surface area contributed by atoms with Crippen molar-refractivity contribution in [3.8, 4) is 17.0 Å². The average molecular weight is 385 g/mol. The second-order valence-corrected chi connectivity index (χ2v) is 5.77. The molecule has 25 heavy (non-hydrogen) atoms. The summed E-state index contributed by atoms with van der Waals surface area (Å²) in [7, 11) is 0. The van der Waals surface area contributed by atoms with Gasteiger partial charge in [-0.1, -0.05) is 12.1 Å². The van der Waals surface area contributed by atoms with Crippen LogP contribution in [0.25, 0.3) is 11.3 Å². The number of benzene rings is 1. The number of halogens is 2. The van der Waals surface area contributed by atoms with Crippen molar-refractivity contribution in [2.24, 2.45) is 0 Å². The van der Waals surface area contributed by atoms with Crippen LogP contribution in [0.4, 0.5) is 5.82 Å². The molecule has 8 heteroatoms. The van der Waals surface area contributed by atoms with Gasteiger partial charge in [-0.15, -0.1) is 35.0 Å². The standard InChI is InChI=1S/C17H20N4O2.2ClH/c1-2-4-15-14(3-1)17-13(12-23-15)11-16(19-20-17)18-5-6-21-7-9-22-10-8-21;;/h1-4,11H,5-10,12H2,(H,18,19);2*1H. The van der Waals surface area contributed by atoms with Crippen LogP contribution in [0.3, 0.4) is 0 Å². The third-order valence-corrected chi connectivity index (χ3v) is 4.24. The van der Waals surface area contributed by atoms with E-state index in [-0.39, 0.29) is 24.8 Å². The summed E-state index contributed by atoms with van der Waals surface area (Å²) in [6.07, 6.45) is 0. The van der Waals surface area contributed by atoms with Gasteiger partial charge in [-0.25, -0.2) is 0 Å². The first-order valence-corrected chi connectivity index (χ1v) is 8.03. The second kappa shape index (κ2) is 9.20. The predicted octanol–water partition coefficient (Wildman–Crippen LogP) is 2.62. The Hall–Kier alpha value is -1.60. The largest absolute Gasteiger partial charge is 0.488 e. The first-order chi connectivity index (χ1) is 11.4. The lowest BCUT2D eigenvalue weighted by Crippen LogP contribution is -2.39. The number of rotatable bonds is 4. The van der Waals surface area contributed by atoms with E-state index in [2.05, 4.69) is 20.4 Å². The molecule has 1 aromatic heterocycles. The summed E-state index contributed by atoms with van der Waals surface area (Å²) in [5.74, 6) is 1.68. The molecule has 0 spiro atoms. The summed E-state index contributed by atoms with van der Waals surface area (Å²) in [5, 5.41) is 12.1. The Labute approximate surface area is 159 Å². The van der Waals surface area contributed by atoms with E-state index in [4.69, 9.17) is 9.47 Å². The number of ether oxygens (including phenoxy) is 2. The van der Waals surface area contributed by atoms with E-state index >= 15 is 0 Å². The lowest BCUT2D eigenvalue weighted by molar-refractivity contribution is 0.0398. The smallest absolute Gasteiger partial charge is 0.149 e. The Bertz CT molecular complexity index is 696. The minimum absolute atomic E-state index is 0. The van der Waals surface area contributed by atoms with E-state index in [1.54, 1.807) is 0 Å². The van der Waals surface area contributed by atoms with Gasteiger partial charge in [0, 0.05) is 37.3 Å². The highest BCUT2D eigenvalue weighted by Gasteiger charge is 2.19. The first kappa shape index (κ1) is 19.7. The lowest BCUT2D eigenvalue weighted by atomic mass is 10.0. The van der Waals surface area contributed by atoms with Crippen molar-refractivity contribution in [2.45, 2.75) is 6.61 Å².